The zero-order valence-electron chi connectivity index (χ0n) is 9.07. The minimum Gasteiger partial charge on any atom is -0.356 e. The van der Waals surface area contributed by atoms with E-state index in [-0.39, 0.29) is 6.04 Å². The Morgan fingerprint density at radius 2 is 2.13 bits per heavy atom. The Kier molecular flexibility index (Phi) is 3.53. The molecule has 0 saturated heterocycles. The topological polar surface area (TPSA) is 63.8 Å². The van der Waals surface area contributed by atoms with Crippen molar-refractivity contribution in [3.8, 4) is 0 Å². The van der Waals surface area contributed by atoms with Crippen molar-refractivity contribution >= 4 is 16.7 Å². The van der Waals surface area contributed by atoms with E-state index in [9.17, 15) is 0 Å². The van der Waals surface area contributed by atoms with Crippen LogP contribution in [0.4, 0.5) is 5.13 Å². The first kappa shape index (κ1) is 10.8. The van der Waals surface area contributed by atoms with Crippen LogP contribution in [0.15, 0.2) is 0 Å². The largest absolute Gasteiger partial charge is 0.356 e. The number of anilines is 1. The molecule has 3 N–H and O–H groups in total. The van der Waals surface area contributed by atoms with Gasteiger partial charge >= 0.3 is 0 Å². The van der Waals surface area contributed by atoms with Crippen molar-refractivity contribution in [1.29, 1.82) is 0 Å². The van der Waals surface area contributed by atoms with E-state index in [2.05, 4.69) is 14.7 Å². The molecule has 1 aliphatic rings. The van der Waals surface area contributed by atoms with Gasteiger partial charge in [0, 0.05) is 23.6 Å². The molecule has 15 heavy (non-hydrogen) atoms. The van der Waals surface area contributed by atoms with Gasteiger partial charge in [-0.15, -0.1) is 0 Å². The van der Waals surface area contributed by atoms with Gasteiger partial charge in [0.15, 0.2) is 0 Å². The minimum atomic E-state index is 0.261. The summed E-state index contributed by atoms with van der Waals surface area (Å²) in [4.78, 5) is 4.31. The second-order valence-electron chi connectivity index (χ2n) is 4.20. The normalized spacial score (nSPS) is 27.3. The quantitative estimate of drug-likeness (QED) is 0.756. The van der Waals surface area contributed by atoms with Gasteiger partial charge in [0.05, 0.1) is 0 Å². The van der Waals surface area contributed by atoms with Crippen LogP contribution in [0.1, 0.15) is 37.9 Å². The van der Waals surface area contributed by atoms with Crippen LogP contribution in [0.3, 0.4) is 0 Å². The number of nitrogens with one attached hydrogen (secondary N) is 1. The van der Waals surface area contributed by atoms with Crippen LogP contribution >= 0.6 is 11.5 Å². The van der Waals surface area contributed by atoms with Crippen molar-refractivity contribution < 1.29 is 0 Å². The van der Waals surface area contributed by atoms with Crippen molar-refractivity contribution in [3.05, 3.63) is 5.82 Å². The van der Waals surface area contributed by atoms with Crippen LogP contribution in [-0.4, -0.2) is 21.4 Å². The molecule has 0 bridgehead atoms. The Bertz CT molecular complexity index is 312. The fourth-order valence-corrected chi connectivity index (χ4v) is 2.67. The highest BCUT2D eigenvalue weighted by molar-refractivity contribution is 7.09. The van der Waals surface area contributed by atoms with E-state index in [1.165, 1.54) is 30.8 Å². The van der Waals surface area contributed by atoms with Crippen molar-refractivity contribution in [2.45, 2.75) is 51.1 Å². The Hall–Kier alpha value is -0.680. The smallest absolute Gasteiger partial charge is 0.202 e. The predicted octanol–water partition coefficient (Wildman–Crippen LogP) is 1.92. The molecule has 1 aliphatic carbocycles. The van der Waals surface area contributed by atoms with Gasteiger partial charge in [-0.2, -0.15) is 4.37 Å². The summed E-state index contributed by atoms with van der Waals surface area (Å²) >= 11 is 1.42. The summed E-state index contributed by atoms with van der Waals surface area (Å²) in [6.45, 7) is 1.91. The minimum absolute atomic E-state index is 0.261. The summed E-state index contributed by atoms with van der Waals surface area (Å²) < 4.78 is 4.16. The lowest BCUT2D eigenvalue weighted by atomic mass is 10.0. The first-order valence-corrected chi connectivity index (χ1v) is 6.35. The fraction of sp³-hybridized carbons (Fsp3) is 0.800. The molecule has 1 aromatic heterocycles. The highest BCUT2D eigenvalue weighted by Crippen LogP contribution is 2.21. The Labute approximate surface area is 94.5 Å². The van der Waals surface area contributed by atoms with E-state index in [1.54, 1.807) is 0 Å². The summed E-state index contributed by atoms with van der Waals surface area (Å²) in [5.41, 5.74) is 6.13. The van der Waals surface area contributed by atoms with Gasteiger partial charge in [-0.25, -0.2) is 4.98 Å². The standard InChI is InChI=1S/C10H18N4S/c1-7-12-10(15-14-7)13-9-6-4-2-3-5-8(9)11/h8-9H,2-6,11H2,1H3,(H,12,13,14). The van der Waals surface area contributed by atoms with Gasteiger partial charge < -0.3 is 11.1 Å². The third-order valence-electron chi connectivity index (χ3n) is 2.91. The molecule has 0 aromatic carbocycles. The average molecular weight is 226 g/mol. The van der Waals surface area contributed by atoms with E-state index in [1.807, 2.05) is 6.92 Å². The zero-order chi connectivity index (χ0) is 10.7. The summed E-state index contributed by atoms with van der Waals surface area (Å²) in [5.74, 6) is 0.838. The van der Waals surface area contributed by atoms with E-state index in [0.717, 1.165) is 23.8 Å². The molecule has 0 aliphatic heterocycles. The Balaban J connectivity index is 1.97. The van der Waals surface area contributed by atoms with Gasteiger partial charge in [-0.05, 0) is 19.8 Å². The molecular weight excluding hydrogens is 208 g/mol. The molecular formula is C10H18N4S. The lowest BCUT2D eigenvalue weighted by Crippen LogP contribution is -2.39. The SMILES string of the molecule is Cc1nsc(NC2CCCCCC2N)n1. The first-order chi connectivity index (χ1) is 7.25. The summed E-state index contributed by atoms with van der Waals surface area (Å²) in [7, 11) is 0. The van der Waals surface area contributed by atoms with Crippen LogP contribution in [0.5, 0.6) is 0 Å². The van der Waals surface area contributed by atoms with Crippen molar-refractivity contribution in [2.75, 3.05) is 5.32 Å². The van der Waals surface area contributed by atoms with Crippen molar-refractivity contribution in [3.63, 3.8) is 0 Å². The predicted molar refractivity (Wildman–Crippen MR) is 63.1 cm³/mol. The number of rotatable bonds is 2. The van der Waals surface area contributed by atoms with E-state index in [4.69, 9.17) is 5.73 Å². The molecule has 1 aromatic rings. The molecule has 1 saturated carbocycles. The molecule has 2 unspecified atom stereocenters. The van der Waals surface area contributed by atoms with Crippen molar-refractivity contribution in [2.24, 2.45) is 5.73 Å². The van der Waals surface area contributed by atoms with Gasteiger partial charge in [-0.1, -0.05) is 19.3 Å². The lowest BCUT2D eigenvalue weighted by molar-refractivity contribution is 0.528. The molecule has 0 radical (unpaired) electrons. The Morgan fingerprint density at radius 1 is 1.33 bits per heavy atom. The number of aromatic nitrogens is 2. The number of hydrogen-bond donors (Lipinski definition) is 2. The molecule has 0 amide bonds. The Morgan fingerprint density at radius 3 is 2.87 bits per heavy atom. The number of hydrogen-bond acceptors (Lipinski definition) is 5. The maximum Gasteiger partial charge on any atom is 0.202 e. The summed E-state index contributed by atoms with van der Waals surface area (Å²) in [6, 6.07) is 0.636. The van der Waals surface area contributed by atoms with Gasteiger partial charge in [0.1, 0.15) is 5.82 Å². The number of nitrogens with two attached hydrogens (primary N) is 1. The molecule has 2 rings (SSSR count). The van der Waals surface area contributed by atoms with Gasteiger partial charge in [-0.3, -0.25) is 0 Å². The number of aryl methyl sites for hydroxylation is 1. The summed E-state index contributed by atoms with van der Waals surface area (Å²) in [6.07, 6.45) is 6.11. The highest BCUT2D eigenvalue weighted by Gasteiger charge is 2.20. The zero-order valence-corrected chi connectivity index (χ0v) is 9.89. The van der Waals surface area contributed by atoms with Gasteiger partial charge in [0.2, 0.25) is 5.13 Å². The van der Waals surface area contributed by atoms with Crippen LogP contribution in [-0.2, 0) is 0 Å². The van der Waals surface area contributed by atoms with Gasteiger partial charge in [0.25, 0.3) is 0 Å². The molecule has 0 spiro atoms. The molecule has 4 nitrogen and oxygen atoms in total. The number of nitrogens with zero attached hydrogens (tertiary/aromatic N) is 2. The van der Waals surface area contributed by atoms with Crippen LogP contribution in [0.2, 0.25) is 0 Å². The van der Waals surface area contributed by atoms with Crippen LogP contribution in [0.25, 0.3) is 0 Å². The third-order valence-corrected chi connectivity index (χ3v) is 3.64. The molecule has 84 valence electrons. The van der Waals surface area contributed by atoms with Crippen LogP contribution in [0, 0.1) is 6.92 Å². The highest BCUT2D eigenvalue weighted by atomic mass is 32.1. The van der Waals surface area contributed by atoms with E-state index in [0.29, 0.717) is 6.04 Å². The molecule has 1 heterocycles. The fourth-order valence-electron chi connectivity index (χ4n) is 2.03. The maximum atomic E-state index is 6.13. The average Bonchev–Trinajstić information content (AvgIpc) is 2.50. The summed E-state index contributed by atoms with van der Waals surface area (Å²) in [5, 5.41) is 4.32. The van der Waals surface area contributed by atoms with E-state index < -0.39 is 0 Å². The lowest BCUT2D eigenvalue weighted by Gasteiger charge is -2.21. The maximum absolute atomic E-state index is 6.13. The molecule has 2 atom stereocenters. The first-order valence-electron chi connectivity index (χ1n) is 5.58. The second-order valence-corrected chi connectivity index (χ2v) is 4.95. The molecule has 5 heteroatoms. The third kappa shape index (κ3) is 2.89. The van der Waals surface area contributed by atoms with Crippen molar-refractivity contribution in [1.82, 2.24) is 9.36 Å². The van der Waals surface area contributed by atoms with Crippen LogP contribution < -0.4 is 11.1 Å². The monoisotopic (exact) mass is 226 g/mol. The van der Waals surface area contributed by atoms with E-state index >= 15 is 0 Å². The molecule has 1 fully saturated rings. The second kappa shape index (κ2) is 4.90.